The minimum atomic E-state index is -1.06. The molecule has 1 amide bonds. The molecular formula is C13H16N2O4. The molecule has 2 N–H and O–H groups in total. The lowest BCUT2D eigenvalue weighted by Crippen LogP contribution is -2.51. The van der Waals surface area contributed by atoms with E-state index in [0.29, 0.717) is 24.4 Å². The Labute approximate surface area is 111 Å². The normalized spacial score (nSPS) is 17.1. The number of amides is 1. The minimum Gasteiger partial charge on any atom is -0.496 e. The molecule has 1 aliphatic rings. The third-order valence-corrected chi connectivity index (χ3v) is 3.11. The number of para-hydroxylation sites is 1. The van der Waals surface area contributed by atoms with E-state index in [1.807, 2.05) is 0 Å². The van der Waals surface area contributed by atoms with E-state index in [1.165, 1.54) is 12.0 Å². The Morgan fingerprint density at radius 1 is 1.47 bits per heavy atom. The minimum absolute atomic E-state index is 0.166. The zero-order valence-electron chi connectivity index (χ0n) is 10.6. The second kappa shape index (κ2) is 5.71. The summed E-state index contributed by atoms with van der Waals surface area (Å²) >= 11 is 0. The largest absolute Gasteiger partial charge is 0.496 e. The van der Waals surface area contributed by atoms with Crippen LogP contribution in [0.3, 0.4) is 0 Å². The van der Waals surface area contributed by atoms with E-state index < -0.39 is 12.0 Å². The number of nitrogens with one attached hydrogen (secondary N) is 1. The molecule has 1 aliphatic heterocycles. The summed E-state index contributed by atoms with van der Waals surface area (Å²) in [6, 6.07) is 5.86. The summed E-state index contributed by atoms with van der Waals surface area (Å²) in [6.45, 7) is 1.12. The molecule has 0 bridgehead atoms. The van der Waals surface area contributed by atoms with Crippen molar-refractivity contribution in [3.63, 3.8) is 0 Å². The number of hydrogen-bond acceptors (Lipinski definition) is 4. The van der Waals surface area contributed by atoms with E-state index in [2.05, 4.69) is 5.32 Å². The molecule has 1 atom stereocenters. The summed E-state index contributed by atoms with van der Waals surface area (Å²) in [6.07, 6.45) is 0. The van der Waals surface area contributed by atoms with E-state index in [-0.39, 0.29) is 12.5 Å². The number of benzene rings is 1. The highest BCUT2D eigenvalue weighted by Gasteiger charge is 2.34. The molecule has 2 rings (SSSR count). The number of carboxylic acid groups (broad SMARTS) is 1. The van der Waals surface area contributed by atoms with Crippen LogP contribution in [0, 0.1) is 0 Å². The van der Waals surface area contributed by atoms with Gasteiger partial charge in [0.05, 0.1) is 13.7 Å². The lowest BCUT2D eigenvalue weighted by atomic mass is 10.0. The van der Waals surface area contributed by atoms with Crippen molar-refractivity contribution in [2.75, 3.05) is 26.7 Å². The summed E-state index contributed by atoms with van der Waals surface area (Å²) < 4.78 is 5.19. The monoisotopic (exact) mass is 264 g/mol. The number of piperazine rings is 1. The average molecular weight is 264 g/mol. The number of carbonyl (C=O) groups excluding carboxylic acids is 1. The van der Waals surface area contributed by atoms with Gasteiger partial charge in [-0.3, -0.25) is 4.79 Å². The van der Waals surface area contributed by atoms with E-state index >= 15 is 0 Å². The first-order chi connectivity index (χ1) is 9.15. The molecule has 1 aromatic rings. The highest BCUT2D eigenvalue weighted by atomic mass is 16.5. The number of aliphatic carboxylic acids is 1. The lowest BCUT2D eigenvalue weighted by molar-refractivity contribution is -0.151. The van der Waals surface area contributed by atoms with Crippen LogP contribution in [0.2, 0.25) is 0 Å². The Balaban J connectivity index is 2.39. The summed E-state index contributed by atoms with van der Waals surface area (Å²) in [7, 11) is 1.48. The van der Waals surface area contributed by atoms with Crippen LogP contribution >= 0.6 is 0 Å². The zero-order chi connectivity index (χ0) is 13.8. The molecule has 0 spiro atoms. The summed E-state index contributed by atoms with van der Waals surface area (Å²) in [5.74, 6) is -0.800. The van der Waals surface area contributed by atoms with E-state index in [0.717, 1.165) is 0 Å². The van der Waals surface area contributed by atoms with Crippen LogP contribution in [-0.4, -0.2) is 48.6 Å². The number of methoxy groups -OCH3 is 1. The van der Waals surface area contributed by atoms with Gasteiger partial charge in [0.25, 0.3) is 0 Å². The maximum atomic E-state index is 11.9. The van der Waals surface area contributed by atoms with Gasteiger partial charge in [-0.25, -0.2) is 4.79 Å². The Morgan fingerprint density at radius 3 is 2.84 bits per heavy atom. The molecule has 0 saturated carbocycles. The van der Waals surface area contributed by atoms with Crippen molar-refractivity contribution in [2.24, 2.45) is 0 Å². The van der Waals surface area contributed by atoms with Gasteiger partial charge in [0.1, 0.15) is 5.75 Å². The van der Waals surface area contributed by atoms with E-state index in [4.69, 9.17) is 4.74 Å². The Bertz CT molecular complexity index is 489. The molecule has 0 aromatic heterocycles. The van der Waals surface area contributed by atoms with Crippen LogP contribution in [0.4, 0.5) is 0 Å². The van der Waals surface area contributed by atoms with Crippen molar-refractivity contribution in [2.45, 2.75) is 6.04 Å². The third-order valence-electron chi connectivity index (χ3n) is 3.11. The molecule has 102 valence electrons. The van der Waals surface area contributed by atoms with Gasteiger partial charge in [-0.1, -0.05) is 18.2 Å². The quantitative estimate of drug-likeness (QED) is 0.815. The van der Waals surface area contributed by atoms with Crippen molar-refractivity contribution >= 4 is 11.9 Å². The fraction of sp³-hybridized carbons (Fsp3) is 0.385. The van der Waals surface area contributed by atoms with E-state index in [1.54, 1.807) is 24.3 Å². The molecule has 1 aromatic carbocycles. The van der Waals surface area contributed by atoms with Gasteiger partial charge in [0, 0.05) is 18.7 Å². The zero-order valence-corrected chi connectivity index (χ0v) is 10.6. The summed E-state index contributed by atoms with van der Waals surface area (Å²) in [4.78, 5) is 24.8. The second-order valence-corrected chi connectivity index (χ2v) is 4.25. The molecule has 6 nitrogen and oxygen atoms in total. The maximum Gasteiger partial charge on any atom is 0.331 e. The van der Waals surface area contributed by atoms with Crippen molar-refractivity contribution < 1.29 is 19.4 Å². The van der Waals surface area contributed by atoms with E-state index in [9.17, 15) is 14.7 Å². The Hall–Kier alpha value is -2.08. The predicted octanol–water partition coefficient (Wildman–Crippen LogP) is 0.253. The smallest absolute Gasteiger partial charge is 0.331 e. The SMILES string of the molecule is COc1ccccc1C(C(=O)O)N1CCNCC1=O. The van der Waals surface area contributed by atoms with Gasteiger partial charge in [-0.2, -0.15) is 0 Å². The van der Waals surface area contributed by atoms with Gasteiger partial charge in [-0.05, 0) is 6.07 Å². The fourth-order valence-electron chi connectivity index (χ4n) is 2.22. The molecule has 6 heteroatoms. The number of carboxylic acids is 1. The predicted molar refractivity (Wildman–Crippen MR) is 68.0 cm³/mol. The first-order valence-electron chi connectivity index (χ1n) is 6.01. The number of nitrogens with zero attached hydrogens (tertiary/aromatic N) is 1. The standard InChI is InChI=1S/C13H16N2O4/c1-19-10-5-3-2-4-9(10)12(13(17)18)15-7-6-14-8-11(15)16/h2-5,12,14H,6-8H2,1H3,(H,17,18). The average Bonchev–Trinajstić information content (AvgIpc) is 2.41. The van der Waals surface area contributed by atoms with Crippen LogP contribution < -0.4 is 10.1 Å². The number of ether oxygens (including phenoxy) is 1. The molecule has 19 heavy (non-hydrogen) atoms. The molecular weight excluding hydrogens is 248 g/mol. The fourth-order valence-corrected chi connectivity index (χ4v) is 2.22. The van der Waals surface area contributed by atoms with Gasteiger partial charge < -0.3 is 20.1 Å². The van der Waals surface area contributed by atoms with Crippen LogP contribution in [0.5, 0.6) is 5.75 Å². The molecule has 1 heterocycles. The second-order valence-electron chi connectivity index (χ2n) is 4.25. The first kappa shape index (κ1) is 13.4. The van der Waals surface area contributed by atoms with Gasteiger partial charge in [0.15, 0.2) is 6.04 Å². The molecule has 1 fully saturated rings. The van der Waals surface area contributed by atoms with Crippen LogP contribution in [-0.2, 0) is 9.59 Å². The molecule has 0 aliphatic carbocycles. The van der Waals surface area contributed by atoms with Crippen molar-refractivity contribution in [1.29, 1.82) is 0 Å². The topological polar surface area (TPSA) is 78.9 Å². The van der Waals surface area contributed by atoms with Crippen molar-refractivity contribution in [3.8, 4) is 5.75 Å². The molecule has 0 radical (unpaired) electrons. The lowest BCUT2D eigenvalue weighted by Gasteiger charge is -2.33. The highest BCUT2D eigenvalue weighted by Crippen LogP contribution is 2.29. The van der Waals surface area contributed by atoms with Gasteiger partial charge in [0.2, 0.25) is 5.91 Å². The van der Waals surface area contributed by atoms with Crippen LogP contribution in [0.15, 0.2) is 24.3 Å². The van der Waals surface area contributed by atoms with Crippen LogP contribution in [0.25, 0.3) is 0 Å². The highest BCUT2D eigenvalue weighted by molar-refractivity contribution is 5.86. The maximum absolute atomic E-state index is 11.9. The number of hydrogen-bond donors (Lipinski definition) is 2. The Morgan fingerprint density at radius 2 is 2.21 bits per heavy atom. The summed E-state index contributed by atoms with van der Waals surface area (Å²) in [5, 5.41) is 12.4. The van der Waals surface area contributed by atoms with Gasteiger partial charge >= 0.3 is 5.97 Å². The molecule has 1 saturated heterocycles. The number of rotatable bonds is 4. The number of carbonyl (C=O) groups is 2. The third kappa shape index (κ3) is 2.68. The van der Waals surface area contributed by atoms with Gasteiger partial charge in [-0.15, -0.1) is 0 Å². The van der Waals surface area contributed by atoms with Crippen molar-refractivity contribution in [3.05, 3.63) is 29.8 Å². The molecule has 1 unspecified atom stereocenters. The van der Waals surface area contributed by atoms with Crippen LogP contribution in [0.1, 0.15) is 11.6 Å². The Kier molecular flexibility index (Phi) is 4.01. The summed E-state index contributed by atoms with van der Waals surface area (Å²) in [5.41, 5.74) is 0.493. The van der Waals surface area contributed by atoms with Crippen molar-refractivity contribution in [1.82, 2.24) is 10.2 Å². The first-order valence-corrected chi connectivity index (χ1v) is 6.01.